The number of amides is 3. The number of ketones is 3. The van der Waals surface area contributed by atoms with E-state index in [1.165, 1.54) is 16.8 Å². The molecule has 3 amide bonds. The number of nitro groups is 1. The number of hydrogen-bond acceptors (Lipinski definition) is 15. The zero-order valence-electron chi connectivity index (χ0n) is 39.3. The molecule has 0 spiro atoms. The maximum atomic E-state index is 12.6. The summed E-state index contributed by atoms with van der Waals surface area (Å²) in [5, 5.41) is 10.1. The lowest BCUT2D eigenvalue weighted by Gasteiger charge is -2.40. The molecule has 3 aliphatic rings. The van der Waals surface area contributed by atoms with Crippen LogP contribution in [-0.2, 0) is 19.2 Å². The maximum absolute atomic E-state index is 12.6. The third-order valence-electron chi connectivity index (χ3n) is 10.8. The van der Waals surface area contributed by atoms with Crippen LogP contribution in [0.5, 0.6) is 23.0 Å². The summed E-state index contributed by atoms with van der Waals surface area (Å²) in [7, 11) is 8.69. The fourth-order valence-corrected chi connectivity index (χ4v) is 6.66. The van der Waals surface area contributed by atoms with Gasteiger partial charge < -0.3 is 43.4 Å². The first-order valence-corrected chi connectivity index (χ1v) is 22.1. The summed E-state index contributed by atoms with van der Waals surface area (Å²) in [5.41, 5.74) is 1.44. The fourth-order valence-electron chi connectivity index (χ4n) is 6.24. The van der Waals surface area contributed by atoms with Crippen LogP contribution in [0.1, 0.15) is 82.0 Å². The number of ether oxygens (including phenoxy) is 4. The molecule has 19 heteroatoms. The van der Waals surface area contributed by atoms with Crippen LogP contribution in [0.15, 0.2) is 48.6 Å². The Balaban J connectivity index is 0.000000328. The molecule has 3 aliphatic heterocycles. The molecule has 1 saturated heterocycles. The second kappa shape index (κ2) is 26.3. The first-order chi connectivity index (χ1) is 30.2. The Morgan fingerprint density at radius 1 is 0.750 bits per heavy atom. The van der Waals surface area contributed by atoms with Gasteiger partial charge in [-0.2, -0.15) is 0 Å². The van der Waals surface area contributed by atoms with Crippen molar-refractivity contribution < 1.29 is 52.0 Å². The monoisotopic (exact) mass is 914 g/mol. The lowest BCUT2D eigenvalue weighted by Crippen LogP contribution is -2.55. The van der Waals surface area contributed by atoms with Crippen LogP contribution >= 0.6 is 11.9 Å². The molecule has 0 aliphatic carbocycles. The van der Waals surface area contributed by atoms with E-state index >= 15 is 0 Å². The molecular weight excluding hydrogens is 849 g/mol. The maximum Gasteiger partial charge on any atom is 0.231 e. The molecule has 2 aromatic carbocycles. The van der Waals surface area contributed by atoms with Crippen LogP contribution in [-0.4, -0.2) is 163 Å². The topological polar surface area (TPSA) is 199 Å². The largest absolute Gasteiger partial charge is 0.454 e. The van der Waals surface area contributed by atoms with E-state index in [9.17, 15) is 38.9 Å². The van der Waals surface area contributed by atoms with E-state index in [1.807, 2.05) is 32.8 Å². The molecule has 1 fully saturated rings. The number of nitrogens with zero attached hydrogens (tertiary/aromatic N) is 6. The molecule has 0 radical (unpaired) electrons. The van der Waals surface area contributed by atoms with Crippen LogP contribution in [0.25, 0.3) is 0 Å². The average molecular weight is 915 g/mol. The SMILES string of the molecule is C=C(C)C(=O)C(C)N(C)C(=O)CCS[N+](=O)[O-].CC.CC(C(=O)c1ccc2c(c1)OCO2)N(C)C(=O)CCN(C)C.CCN1CC(C(=O)N(C)C(C)C(=O)c2ccc3c(c2)OCO3)C1. The predicted molar refractivity (Wildman–Crippen MR) is 245 cm³/mol. The second-order valence-electron chi connectivity index (χ2n) is 15.4. The number of likely N-dealkylation sites (tertiary alicyclic amines) is 1. The first-order valence-electron chi connectivity index (χ1n) is 21.2. The highest BCUT2D eigenvalue weighted by molar-refractivity contribution is 7.93. The molecule has 3 unspecified atom stereocenters. The molecule has 0 saturated carbocycles. The van der Waals surface area contributed by atoms with Crippen LogP contribution in [0.4, 0.5) is 0 Å². The van der Waals surface area contributed by atoms with Crippen LogP contribution in [0.2, 0.25) is 0 Å². The molecule has 354 valence electrons. The number of rotatable bonds is 18. The normalized spacial score (nSPS) is 14.6. The highest BCUT2D eigenvalue weighted by Gasteiger charge is 2.36. The van der Waals surface area contributed by atoms with Gasteiger partial charge in [0.15, 0.2) is 40.3 Å². The van der Waals surface area contributed by atoms with Gasteiger partial charge in [0.1, 0.15) is 4.33 Å². The van der Waals surface area contributed by atoms with E-state index < -0.39 is 22.5 Å². The van der Waals surface area contributed by atoms with Gasteiger partial charge in [0.25, 0.3) is 0 Å². The number of likely N-dealkylation sites (N-methyl/N-ethyl adjacent to an activating group) is 3. The minimum Gasteiger partial charge on any atom is -0.454 e. The van der Waals surface area contributed by atoms with Crippen molar-refractivity contribution in [3.05, 3.63) is 69.8 Å². The van der Waals surface area contributed by atoms with Crippen LogP contribution < -0.4 is 18.9 Å². The summed E-state index contributed by atoms with van der Waals surface area (Å²) in [6.07, 6.45) is 0.429. The zero-order valence-corrected chi connectivity index (χ0v) is 40.2. The van der Waals surface area contributed by atoms with Gasteiger partial charge in [0.2, 0.25) is 43.3 Å². The Morgan fingerprint density at radius 2 is 1.19 bits per heavy atom. The Bertz CT molecular complexity index is 1970. The number of carbonyl (C=O) groups is 6. The molecule has 5 rings (SSSR count). The van der Waals surface area contributed by atoms with Crippen molar-refractivity contribution in [1.82, 2.24) is 24.5 Å². The van der Waals surface area contributed by atoms with Gasteiger partial charge in [-0.25, -0.2) is 0 Å². The summed E-state index contributed by atoms with van der Waals surface area (Å²) in [4.78, 5) is 91.5. The number of fused-ring (bicyclic) bond motifs is 2. The van der Waals surface area contributed by atoms with Crippen molar-refractivity contribution >= 4 is 47.0 Å². The van der Waals surface area contributed by atoms with Crippen LogP contribution in [0, 0.1) is 16.0 Å². The lowest BCUT2D eigenvalue weighted by molar-refractivity contribution is -0.284. The van der Waals surface area contributed by atoms with Gasteiger partial charge in [0.05, 0.1) is 29.8 Å². The third kappa shape index (κ3) is 15.6. The summed E-state index contributed by atoms with van der Waals surface area (Å²) in [6, 6.07) is 8.61. The van der Waals surface area contributed by atoms with E-state index in [0.29, 0.717) is 64.6 Å². The van der Waals surface area contributed by atoms with Gasteiger partial charge in [0, 0.05) is 64.7 Å². The van der Waals surface area contributed by atoms with Gasteiger partial charge in [-0.3, -0.25) is 38.9 Å². The van der Waals surface area contributed by atoms with Crippen molar-refractivity contribution in [1.29, 1.82) is 0 Å². The van der Waals surface area contributed by atoms with Crippen molar-refractivity contribution in [3.63, 3.8) is 0 Å². The number of benzene rings is 2. The van der Waals surface area contributed by atoms with E-state index in [0.717, 1.165) is 19.6 Å². The van der Waals surface area contributed by atoms with E-state index in [-0.39, 0.29) is 66.7 Å². The summed E-state index contributed by atoms with van der Waals surface area (Å²) in [5.74, 6) is 1.83. The Kier molecular flexibility index (Phi) is 22.4. The zero-order chi connectivity index (χ0) is 48.4. The van der Waals surface area contributed by atoms with Gasteiger partial charge >= 0.3 is 0 Å². The van der Waals surface area contributed by atoms with Gasteiger partial charge in [-0.15, -0.1) is 0 Å². The number of Topliss-reactive ketones (excluding diaryl/α,β-unsaturated/α-hetero) is 3. The van der Waals surface area contributed by atoms with Crippen molar-refractivity contribution in [2.45, 2.75) is 79.4 Å². The van der Waals surface area contributed by atoms with Crippen molar-refractivity contribution in [2.75, 3.05) is 80.8 Å². The molecule has 18 nitrogen and oxygen atoms in total. The van der Waals surface area contributed by atoms with E-state index in [2.05, 4.69) is 18.4 Å². The van der Waals surface area contributed by atoms with E-state index in [1.54, 1.807) is 83.1 Å². The predicted octanol–water partition coefficient (Wildman–Crippen LogP) is 5.11. The molecule has 0 N–H and O–H groups in total. The third-order valence-corrected chi connectivity index (χ3v) is 11.4. The molecule has 3 atom stereocenters. The lowest BCUT2D eigenvalue weighted by atomic mass is 9.96. The smallest absolute Gasteiger partial charge is 0.231 e. The minimum atomic E-state index is -0.583. The Labute approximate surface area is 381 Å². The average Bonchev–Trinajstić information content (AvgIpc) is 3.95. The second-order valence-corrected chi connectivity index (χ2v) is 16.4. The highest BCUT2D eigenvalue weighted by Crippen LogP contribution is 2.34. The van der Waals surface area contributed by atoms with Gasteiger partial charge in [-0.05, 0) is 90.3 Å². The highest BCUT2D eigenvalue weighted by atomic mass is 32.2. The molecule has 0 aromatic heterocycles. The standard InChI is InChI=1S/C17H22N2O4.C16H22N2O4.C10H16N2O4S.C2H6/c1-4-19-8-13(9-19)17(21)18(3)11(2)16(20)12-5-6-14-15(7-12)23-10-22-14;1-11(18(4)15(19)7-8-17(2)3)16(20)12-5-6-13-14(9-12)22-10-21-13;1-7(2)10(14)8(3)11(4)9(13)5-6-17-12(15)16;1-2/h5-7,11,13H,4,8-10H2,1-3H3;5-6,9,11H,7-8,10H2,1-4H3;8H,1,5-6H2,2-4H3;1-2H3. The Morgan fingerprint density at radius 3 is 1.62 bits per heavy atom. The van der Waals surface area contributed by atoms with E-state index in [4.69, 9.17) is 18.9 Å². The number of hydrogen-bond donors (Lipinski definition) is 0. The summed E-state index contributed by atoms with van der Waals surface area (Å²) >= 11 is 0.476. The Hall–Kier alpha value is -5.53. The van der Waals surface area contributed by atoms with Gasteiger partial charge in [-0.1, -0.05) is 27.4 Å². The van der Waals surface area contributed by atoms with Crippen molar-refractivity contribution in [3.8, 4) is 23.0 Å². The number of carbonyl (C=O) groups excluding carboxylic acids is 6. The quantitative estimate of drug-likeness (QED) is 0.0628. The molecule has 0 bridgehead atoms. The first kappa shape index (κ1) is 54.6. The molecule has 64 heavy (non-hydrogen) atoms. The van der Waals surface area contributed by atoms with Crippen LogP contribution in [0.3, 0.4) is 0 Å². The fraction of sp³-hybridized carbons (Fsp3) is 0.556. The molecular formula is C45H66N6O12S. The minimum absolute atomic E-state index is 0.00644. The summed E-state index contributed by atoms with van der Waals surface area (Å²) < 4.78 is 20.5. The molecule has 2 aromatic rings. The molecule has 3 heterocycles. The van der Waals surface area contributed by atoms with Crippen molar-refractivity contribution in [2.24, 2.45) is 5.92 Å². The summed E-state index contributed by atoms with van der Waals surface area (Å²) in [6.45, 7) is 19.8.